The Balaban J connectivity index is 2.61. The van der Waals surface area contributed by atoms with Gasteiger partial charge in [-0.25, -0.2) is 0 Å². The summed E-state index contributed by atoms with van der Waals surface area (Å²) >= 11 is 0. The summed E-state index contributed by atoms with van der Waals surface area (Å²) in [7, 11) is 3.39. The van der Waals surface area contributed by atoms with Crippen LogP contribution in [0.1, 0.15) is 17.8 Å². The summed E-state index contributed by atoms with van der Waals surface area (Å²) in [6, 6.07) is 3.50. The van der Waals surface area contributed by atoms with Gasteiger partial charge in [0.25, 0.3) is 0 Å². The molecule has 0 spiro atoms. The topological polar surface area (TPSA) is 54.8 Å². The smallest absolute Gasteiger partial charge is 0.138 e. The van der Waals surface area contributed by atoms with E-state index in [1.54, 1.807) is 20.3 Å². The molecule has 108 valence electrons. The number of hydrogen-bond acceptors (Lipinski definition) is 5. The van der Waals surface area contributed by atoms with Crippen LogP contribution in [0.15, 0.2) is 12.1 Å². The Morgan fingerprint density at radius 2 is 1.89 bits per heavy atom. The molecule has 5 heteroatoms. The molecule has 0 aliphatic rings. The summed E-state index contributed by atoms with van der Waals surface area (Å²) in [6.07, 6.45) is 0.951. The van der Waals surface area contributed by atoms with Crippen molar-refractivity contribution < 1.29 is 14.6 Å². The highest BCUT2D eigenvalue weighted by atomic mass is 16.5. The summed E-state index contributed by atoms with van der Waals surface area (Å²) in [5, 5.41) is 9.84. The van der Waals surface area contributed by atoms with E-state index in [4.69, 9.17) is 9.47 Å². The Hall–Kier alpha value is -1.17. The molecule has 0 radical (unpaired) electrons. The SMILES string of the molecule is COCCCN(CCOC)Cc1nc(C)ccc1O. The van der Waals surface area contributed by atoms with E-state index in [9.17, 15) is 5.11 Å². The van der Waals surface area contributed by atoms with Gasteiger partial charge in [-0.15, -0.1) is 0 Å². The van der Waals surface area contributed by atoms with E-state index in [-0.39, 0.29) is 5.75 Å². The number of nitrogens with zero attached hydrogens (tertiary/aromatic N) is 2. The minimum Gasteiger partial charge on any atom is -0.506 e. The van der Waals surface area contributed by atoms with Gasteiger partial charge in [-0.3, -0.25) is 9.88 Å². The standard InChI is InChI=1S/C14H24N2O3/c1-12-5-6-14(17)13(15-12)11-16(8-10-19-3)7-4-9-18-2/h5-6,17H,4,7-11H2,1-3H3. The number of ether oxygens (including phenoxy) is 2. The second kappa shape index (κ2) is 8.85. The number of methoxy groups -OCH3 is 2. The maximum Gasteiger partial charge on any atom is 0.138 e. The number of pyridine rings is 1. The van der Waals surface area contributed by atoms with Crippen LogP contribution in [0.3, 0.4) is 0 Å². The molecule has 1 aromatic heterocycles. The molecular weight excluding hydrogens is 244 g/mol. The zero-order valence-electron chi connectivity index (χ0n) is 12.1. The molecule has 0 saturated heterocycles. The Morgan fingerprint density at radius 1 is 1.16 bits per heavy atom. The molecule has 0 aromatic carbocycles. The molecule has 1 aromatic rings. The van der Waals surface area contributed by atoms with Crippen molar-refractivity contribution in [1.29, 1.82) is 0 Å². The minimum absolute atomic E-state index is 0.250. The Kier molecular flexibility index (Phi) is 7.40. The molecule has 0 atom stereocenters. The van der Waals surface area contributed by atoms with Crippen LogP contribution in [0.2, 0.25) is 0 Å². The molecule has 0 amide bonds. The zero-order valence-corrected chi connectivity index (χ0v) is 12.1. The van der Waals surface area contributed by atoms with Crippen molar-refractivity contribution in [2.75, 3.05) is 40.5 Å². The van der Waals surface area contributed by atoms with Gasteiger partial charge in [0.2, 0.25) is 0 Å². The van der Waals surface area contributed by atoms with Crippen LogP contribution in [-0.4, -0.2) is 55.5 Å². The van der Waals surface area contributed by atoms with E-state index in [1.165, 1.54) is 0 Å². The Bertz CT molecular complexity index is 372. The largest absolute Gasteiger partial charge is 0.506 e. The van der Waals surface area contributed by atoms with Crippen molar-refractivity contribution in [2.24, 2.45) is 0 Å². The van der Waals surface area contributed by atoms with Gasteiger partial charge < -0.3 is 14.6 Å². The van der Waals surface area contributed by atoms with Gasteiger partial charge >= 0.3 is 0 Å². The lowest BCUT2D eigenvalue weighted by molar-refractivity contribution is 0.128. The van der Waals surface area contributed by atoms with Gasteiger partial charge in [0.1, 0.15) is 5.75 Å². The van der Waals surface area contributed by atoms with Crippen LogP contribution in [-0.2, 0) is 16.0 Å². The molecule has 0 aliphatic heterocycles. The molecule has 1 N–H and O–H groups in total. The highest BCUT2D eigenvalue weighted by Crippen LogP contribution is 2.16. The fourth-order valence-electron chi connectivity index (χ4n) is 1.85. The minimum atomic E-state index is 0.250. The molecule has 5 nitrogen and oxygen atoms in total. The Labute approximate surface area is 115 Å². The third-order valence-corrected chi connectivity index (χ3v) is 2.90. The van der Waals surface area contributed by atoms with E-state index in [0.717, 1.165) is 31.8 Å². The molecular formula is C14H24N2O3. The van der Waals surface area contributed by atoms with Crippen LogP contribution >= 0.6 is 0 Å². The maximum atomic E-state index is 9.84. The Morgan fingerprint density at radius 3 is 2.58 bits per heavy atom. The monoisotopic (exact) mass is 268 g/mol. The van der Waals surface area contributed by atoms with Gasteiger partial charge in [-0.1, -0.05) is 0 Å². The lowest BCUT2D eigenvalue weighted by Crippen LogP contribution is -2.29. The van der Waals surface area contributed by atoms with Crippen LogP contribution in [0.25, 0.3) is 0 Å². The molecule has 0 aliphatic carbocycles. The fourth-order valence-corrected chi connectivity index (χ4v) is 1.85. The zero-order chi connectivity index (χ0) is 14.1. The first kappa shape index (κ1) is 15.9. The van der Waals surface area contributed by atoms with E-state index in [1.807, 2.05) is 13.0 Å². The van der Waals surface area contributed by atoms with Crippen molar-refractivity contribution in [3.8, 4) is 5.75 Å². The van der Waals surface area contributed by atoms with Crippen molar-refractivity contribution in [1.82, 2.24) is 9.88 Å². The first-order chi connectivity index (χ1) is 9.17. The van der Waals surface area contributed by atoms with E-state index in [0.29, 0.717) is 18.8 Å². The van der Waals surface area contributed by atoms with Crippen LogP contribution in [0.4, 0.5) is 0 Å². The predicted octanol–water partition coefficient (Wildman–Crippen LogP) is 1.58. The third-order valence-electron chi connectivity index (χ3n) is 2.90. The van der Waals surface area contributed by atoms with Gasteiger partial charge in [-0.05, 0) is 25.5 Å². The predicted molar refractivity (Wildman–Crippen MR) is 74.3 cm³/mol. The molecule has 0 bridgehead atoms. The average Bonchev–Trinajstić information content (AvgIpc) is 2.40. The number of aryl methyl sites for hydroxylation is 1. The molecule has 0 fully saturated rings. The van der Waals surface area contributed by atoms with Crippen LogP contribution in [0, 0.1) is 6.92 Å². The highest BCUT2D eigenvalue weighted by Gasteiger charge is 2.10. The van der Waals surface area contributed by atoms with Crippen LogP contribution < -0.4 is 0 Å². The summed E-state index contributed by atoms with van der Waals surface area (Å²) in [6.45, 7) is 5.66. The number of hydrogen-bond donors (Lipinski definition) is 1. The van der Waals surface area contributed by atoms with Crippen LogP contribution in [0.5, 0.6) is 5.75 Å². The molecule has 1 rings (SSSR count). The van der Waals surface area contributed by atoms with Gasteiger partial charge in [-0.2, -0.15) is 0 Å². The number of rotatable bonds is 9. The van der Waals surface area contributed by atoms with Crippen molar-refractivity contribution >= 4 is 0 Å². The van der Waals surface area contributed by atoms with Crippen molar-refractivity contribution in [3.63, 3.8) is 0 Å². The number of aromatic hydroxyl groups is 1. The summed E-state index contributed by atoms with van der Waals surface area (Å²) < 4.78 is 10.2. The van der Waals surface area contributed by atoms with Gasteiger partial charge in [0.05, 0.1) is 12.3 Å². The molecule has 0 unspecified atom stereocenters. The second-order valence-electron chi connectivity index (χ2n) is 4.53. The summed E-state index contributed by atoms with van der Waals surface area (Å²) in [4.78, 5) is 6.60. The van der Waals surface area contributed by atoms with Crippen molar-refractivity contribution in [2.45, 2.75) is 19.9 Å². The lowest BCUT2D eigenvalue weighted by atomic mass is 10.2. The van der Waals surface area contributed by atoms with Gasteiger partial charge in [0.15, 0.2) is 0 Å². The fraction of sp³-hybridized carbons (Fsp3) is 0.643. The van der Waals surface area contributed by atoms with Gasteiger partial charge in [0, 0.05) is 46.2 Å². The third kappa shape index (κ3) is 6.00. The van der Waals surface area contributed by atoms with Crippen molar-refractivity contribution in [3.05, 3.63) is 23.5 Å². The lowest BCUT2D eigenvalue weighted by Gasteiger charge is -2.22. The number of aromatic nitrogens is 1. The second-order valence-corrected chi connectivity index (χ2v) is 4.53. The maximum absolute atomic E-state index is 9.84. The average molecular weight is 268 g/mol. The summed E-state index contributed by atoms with van der Waals surface area (Å²) in [5.41, 5.74) is 1.63. The van der Waals surface area contributed by atoms with E-state index >= 15 is 0 Å². The quantitative estimate of drug-likeness (QED) is 0.689. The normalized spacial score (nSPS) is 11.2. The molecule has 1 heterocycles. The van der Waals surface area contributed by atoms with E-state index < -0.39 is 0 Å². The first-order valence-electron chi connectivity index (χ1n) is 6.53. The molecule has 19 heavy (non-hydrogen) atoms. The van der Waals surface area contributed by atoms with E-state index in [2.05, 4.69) is 9.88 Å². The summed E-state index contributed by atoms with van der Waals surface area (Å²) in [5.74, 6) is 0.250. The molecule has 0 saturated carbocycles. The first-order valence-corrected chi connectivity index (χ1v) is 6.53. The highest BCUT2D eigenvalue weighted by molar-refractivity contribution is 5.27.